The van der Waals surface area contributed by atoms with Gasteiger partial charge >= 0.3 is 5.97 Å². The number of hydrogen-bond acceptors (Lipinski definition) is 3. The molecule has 64 valence electrons. The maximum absolute atomic E-state index is 10.5. The van der Waals surface area contributed by atoms with Crippen molar-refractivity contribution in [2.75, 3.05) is 12.4 Å². The topological polar surface area (TPSA) is 62.2 Å². The lowest BCUT2D eigenvalue weighted by Gasteiger charge is -2.03. The second-order valence-corrected chi connectivity index (χ2v) is 2.42. The van der Waals surface area contributed by atoms with E-state index in [0.29, 0.717) is 5.82 Å². The van der Waals surface area contributed by atoms with Crippen molar-refractivity contribution in [3.63, 3.8) is 0 Å². The molecule has 0 atom stereocenters. The Labute approximate surface area is 70.3 Å². The Morgan fingerprint density at radius 2 is 2.25 bits per heavy atom. The van der Waals surface area contributed by atoms with Crippen molar-refractivity contribution in [3.05, 3.63) is 23.4 Å². The number of nitrogens with one attached hydrogen (secondary N) is 1. The first-order chi connectivity index (χ1) is 5.65. The van der Waals surface area contributed by atoms with Crippen molar-refractivity contribution in [1.82, 2.24) is 4.98 Å². The van der Waals surface area contributed by atoms with Gasteiger partial charge in [-0.15, -0.1) is 0 Å². The number of aromatic nitrogens is 1. The summed E-state index contributed by atoms with van der Waals surface area (Å²) in [4.78, 5) is 14.4. The van der Waals surface area contributed by atoms with E-state index in [4.69, 9.17) is 5.11 Å². The van der Waals surface area contributed by atoms with Crippen LogP contribution in [0.1, 0.15) is 16.1 Å². The van der Waals surface area contributed by atoms with Crippen LogP contribution in [-0.2, 0) is 0 Å². The second-order valence-electron chi connectivity index (χ2n) is 2.42. The van der Waals surface area contributed by atoms with Crippen molar-refractivity contribution in [2.45, 2.75) is 6.92 Å². The van der Waals surface area contributed by atoms with Gasteiger partial charge in [0.2, 0.25) is 0 Å². The van der Waals surface area contributed by atoms with Crippen LogP contribution in [-0.4, -0.2) is 23.1 Å². The molecule has 0 saturated heterocycles. The van der Waals surface area contributed by atoms with Crippen LogP contribution in [0.2, 0.25) is 0 Å². The molecule has 0 radical (unpaired) electrons. The van der Waals surface area contributed by atoms with E-state index in [2.05, 4.69) is 10.3 Å². The molecular formula is C8H10N2O2. The lowest BCUT2D eigenvalue weighted by atomic mass is 10.2. The number of anilines is 1. The van der Waals surface area contributed by atoms with Crippen LogP contribution in [0.15, 0.2) is 12.1 Å². The van der Waals surface area contributed by atoms with Crippen LogP contribution in [0, 0.1) is 6.92 Å². The molecule has 2 N–H and O–H groups in total. The molecule has 1 aromatic rings. The molecule has 0 spiro atoms. The molecule has 0 fully saturated rings. The van der Waals surface area contributed by atoms with E-state index in [9.17, 15) is 4.79 Å². The van der Waals surface area contributed by atoms with E-state index >= 15 is 0 Å². The fraction of sp³-hybridized carbons (Fsp3) is 0.250. The molecule has 0 bridgehead atoms. The van der Waals surface area contributed by atoms with E-state index in [1.165, 1.54) is 6.07 Å². The van der Waals surface area contributed by atoms with Crippen molar-refractivity contribution in [1.29, 1.82) is 0 Å². The summed E-state index contributed by atoms with van der Waals surface area (Å²) in [5.41, 5.74) is 0.993. The molecule has 12 heavy (non-hydrogen) atoms. The average Bonchev–Trinajstić information content (AvgIpc) is 2.05. The van der Waals surface area contributed by atoms with Gasteiger partial charge in [0.1, 0.15) is 5.82 Å². The van der Waals surface area contributed by atoms with Gasteiger partial charge in [-0.25, -0.2) is 9.78 Å². The first-order valence-electron chi connectivity index (χ1n) is 3.54. The Morgan fingerprint density at radius 3 is 2.75 bits per heavy atom. The van der Waals surface area contributed by atoms with E-state index in [0.717, 1.165) is 5.56 Å². The lowest BCUT2D eigenvalue weighted by molar-refractivity contribution is 0.0690. The van der Waals surface area contributed by atoms with Gasteiger partial charge in [-0.05, 0) is 18.6 Å². The molecule has 1 heterocycles. The molecule has 4 heteroatoms. The molecule has 0 aliphatic rings. The van der Waals surface area contributed by atoms with Crippen LogP contribution < -0.4 is 5.32 Å². The number of carboxylic acid groups (broad SMARTS) is 1. The number of rotatable bonds is 2. The molecular weight excluding hydrogens is 156 g/mol. The van der Waals surface area contributed by atoms with E-state index in [1.807, 2.05) is 6.92 Å². The highest BCUT2D eigenvalue weighted by Crippen LogP contribution is 2.10. The van der Waals surface area contributed by atoms with Gasteiger partial charge in [0.05, 0.1) is 0 Å². The smallest absolute Gasteiger partial charge is 0.354 e. The van der Waals surface area contributed by atoms with Gasteiger partial charge < -0.3 is 10.4 Å². The SMILES string of the molecule is CNc1nc(C(=O)O)ccc1C. The van der Waals surface area contributed by atoms with Crippen molar-refractivity contribution in [2.24, 2.45) is 0 Å². The Hall–Kier alpha value is -1.58. The predicted molar refractivity (Wildman–Crippen MR) is 45.5 cm³/mol. The average molecular weight is 166 g/mol. The highest BCUT2D eigenvalue weighted by Gasteiger charge is 2.05. The Morgan fingerprint density at radius 1 is 1.58 bits per heavy atom. The minimum absolute atomic E-state index is 0.0601. The van der Waals surface area contributed by atoms with E-state index in [1.54, 1.807) is 13.1 Å². The molecule has 0 saturated carbocycles. The standard InChI is InChI=1S/C8H10N2O2/c1-5-3-4-6(8(11)12)10-7(5)9-2/h3-4H,1-2H3,(H,9,10)(H,11,12). The third-order valence-electron chi connectivity index (χ3n) is 1.55. The molecule has 0 amide bonds. The van der Waals surface area contributed by atoms with Gasteiger partial charge in [0.15, 0.2) is 5.69 Å². The fourth-order valence-corrected chi connectivity index (χ4v) is 0.901. The summed E-state index contributed by atoms with van der Waals surface area (Å²) in [5, 5.41) is 11.4. The zero-order chi connectivity index (χ0) is 9.14. The van der Waals surface area contributed by atoms with E-state index < -0.39 is 5.97 Å². The summed E-state index contributed by atoms with van der Waals surface area (Å²) in [7, 11) is 1.71. The summed E-state index contributed by atoms with van der Waals surface area (Å²) in [5.74, 6) is -0.401. The summed E-state index contributed by atoms with van der Waals surface area (Å²) in [6.45, 7) is 1.87. The van der Waals surface area contributed by atoms with Crippen LogP contribution in [0.5, 0.6) is 0 Å². The molecule has 4 nitrogen and oxygen atoms in total. The monoisotopic (exact) mass is 166 g/mol. The number of pyridine rings is 1. The Bertz CT molecular complexity index is 310. The summed E-state index contributed by atoms with van der Waals surface area (Å²) in [6.07, 6.45) is 0. The van der Waals surface area contributed by atoms with Crippen molar-refractivity contribution >= 4 is 11.8 Å². The van der Waals surface area contributed by atoms with Crippen LogP contribution in [0.4, 0.5) is 5.82 Å². The molecule has 0 aliphatic carbocycles. The number of nitrogens with zero attached hydrogens (tertiary/aromatic N) is 1. The Balaban J connectivity index is 3.13. The highest BCUT2D eigenvalue weighted by atomic mass is 16.4. The first kappa shape index (κ1) is 8.52. The minimum atomic E-state index is -1.01. The second kappa shape index (κ2) is 3.21. The largest absolute Gasteiger partial charge is 0.477 e. The minimum Gasteiger partial charge on any atom is -0.477 e. The number of aromatic carboxylic acids is 1. The van der Waals surface area contributed by atoms with E-state index in [-0.39, 0.29) is 5.69 Å². The zero-order valence-electron chi connectivity index (χ0n) is 6.96. The molecule has 0 unspecified atom stereocenters. The van der Waals surface area contributed by atoms with Crippen molar-refractivity contribution < 1.29 is 9.90 Å². The normalized spacial score (nSPS) is 9.50. The number of hydrogen-bond donors (Lipinski definition) is 2. The Kier molecular flexibility index (Phi) is 2.28. The molecule has 1 aromatic heterocycles. The summed E-state index contributed by atoms with van der Waals surface area (Å²) >= 11 is 0. The maximum atomic E-state index is 10.5. The third kappa shape index (κ3) is 1.53. The lowest BCUT2D eigenvalue weighted by Crippen LogP contribution is -2.04. The maximum Gasteiger partial charge on any atom is 0.354 e. The quantitative estimate of drug-likeness (QED) is 0.691. The third-order valence-corrected chi connectivity index (χ3v) is 1.55. The molecule has 0 aromatic carbocycles. The molecule has 0 aliphatic heterocycles. The number of carbonyl (C=O) groups is 1. The van der Waals surface area contributed by atoms with Gasteiger partial charge in [0, 0.05) is 7.05 Å². The first-order valence-corrected chi connectivity index (χ1v) is 3.54. The zero-order valence-corrected chi connectivity index (χ0v) is 6.96. The van der Waals surface area contributed by atoms with Gasteiger partial charge in [-0.1, -0.05) is 6.07 Å². The molecule has 1 rings (SSSR count). The number of aryl methyl sites for hydroxylation is 1. The fourth-order valence-electron chi connectivity index (χ4n) is 0.901. The van der Waals surface area contributed by atoms with Crippen molar-refractivity contribution in [3.8, 4) is 0 Å². The number of carboxylic acids is 1. The summed E-state index contributed by atoms with van der Waals surface area (Å²) < 4.78 is 0. The van der Waals surface area contributed by atoms with Crippen LogP contribution in [0.25, 0.3) is 0 Å². The van der Waals surface area contributed by atoms with Gasteiger partial charge in [-0.2, -0.15) is 0 Å². The predicted octanol–water partition coefficient (Wildman–Crippen LogP) is 1.13. The highest BCUT2D eigenvalue weighted by molar-refractivity contribution is 5.85. The van der Waals surface area contributed by atoms with Gasteiger partial charge in [0.25, 0.3) is 0 Å². The van der Waals surface area contributed by atoms with Gasteiger partial charge in [-0.3, -0.25) is 0 Å². The van der Waals surface area contributed by atoms with Crippen LogP contribution in [0.3, 0.4) is 0 Å². The summed E-state index contributed by atoms with van der Waals surface area (Å²) in [6, 6.07) is 3.21. The van der Waals surface area contributed by atoms with Crippen LogP contribution >= 0.6 is 0 Å².